The molecule has 0 saturated heterocycles. The fourth-order valence-corrected chi connectivity index (χ4v) is 10.7. The molecule has 6 amide bonds. The molecule has 17 N–H and O–H groups in total. The number of imidazole rings is 9. The minimum absolute atomic E-state index is 0. The molecule has 0 atom stereocenters. The molecule has 45 nitrogen and oxygen atoms in total. The number of nitrogens with zero attached hydrogens (tertiary/aromatic N) is 21. The highest BCUT2D eigenvalue weighted by molar-refractivity contribution is 7.28. The summed E-state index contributed by atoms with van der Waals surface area (Å²) in [6, 6.07) is 0. The van der Waals surface area contributed by atoms with Crippen molar-refractivity contribution in [2.75, 3.05) is 72.2 Å². The van der Waals surface area contributed by atoms with Crippen molar-refractivity contribution in [3.05, 3.63) is 168 Å². The number of amides is 6. The van der Waals surface area contributed by atoms with Crippen LogP contribution in [0.4, 0.5) is 0 Å². The number of aryl methyl sites for hydroxylation is 8. The first kappa shape index (κ1) is 141. The number of nitrogens with one attached hydrogen (secondary N) is 7. The number of aromatic nitrogens is 18. The van der Waals surface area contributed by atoms with Gasteiger partial charge in [0.15, 0.2) is 40.0 Å². The molecule has 0 unspecified atom stereocenters. The van der Waals surface area contributed by atoms with E-state index < -0.39 is 44.7 Å². The van der Waals surface area contributed by atoms with Crippen LogP contribution >= 0.6 is 69.6 Å². The van der Waals surface area contributed by atoms with E-state index in [0.29, 0.717) is 33.2 Å². The Bertz CT molecular complexity index is 4370. The topological polar surface area (TPSA) is 519 Å². The van der Waals surface area contributed by atoms with E-state index in [-0.39, 0.29) is 240 Å². The molecule has 0 aromatic carbocycles. The van der Waals surface area contributed by atoms with Crippen LogP contribution in [0.5, 0.6) is 0 Å². The zero-order valence-electron chi connectivity index (χ0n) is 74.5. The summed E-state index contributed by atoms with van der Waals surface area (Å²) in [6.07, 6.45) is 48.5. The van der Waals surface area contributed by atoms with Gasteiger partial charge < -0.3 is 158 Å². The highest BCUT2D eigenvalue weighted by atomic mass is 35.5. The maximum Gasteiger partial charge on any atom is 0.245 e. The van der Waals surface area contributed by atoms with Crippen LogP contribution in [0.25, 0.3) is 0 Å². The van der Waals surface area contributed by atoms with Gasteiger partial charge in [0.05, 0.1) is 141 Å². The molecule has 9 aromatic heterocycles. The van der Waals surface area contributed by atoms with Crippen molar-refractivity contribution in [2.24, 2.45) is 84.9 Å². The Morgan fingerprint density at radius 3 is 0.739 bits per heavy atom. The Kier molecular flexibility index (Phi) is 86.4. The van der Waals surface area contributed by atoms with E-state index >= 15 is 0 Å². The van der Waals surface area contributed by atoms with Crippen molar-refractivity contribution in [1.29, 1.82) is 0 Å². The van der Waals surface area contributed by atoms with Crippen LogP contribution in [0.2, 0.25) is 0 Å². The molecule has 0 aliphatic rings. The van der Waals surface area contributed by atoms with Crippen LogP contribution in [0.1, 0.15) is 18.5 Å². The number of rotatable bonds is 40. The molecule has 134 heavy (non-hydrogen) atoms. The smallest absolute Gasteiger partial charge is 0.245 e. The van der Waals surface area contributed by atoms with Crippen molar-refractivity contribution < 1.29 is 193 Å². The number of hydrogen-bond donors (Lipinski definition) is 12. The van der Waals surface area contributed by atoms with Crippen molar-refractivity contribution in [3.8, 4) is 0 Å². The average Bonchev–Trinajstić information content (AvgIpc) is 1.18. The molecular weight excluding hydrogens is 2040 g/mol. The summed E-state index contributed by atoms with van der Waals surface area (Å²) < 4.78 is 29.6. The third-order valence-electron chi connectivity index (χ3n) is 15.0. The van der Waals surface area contributed by atoms with E-state index in [1.807, 2.05) is 275 Å². The summed E-state index contributed by atoms with van der Waals surface area (Å²) in [6.45, 7) is 0.362. The quantitative estimate of drug-likeness (QED) is 0.00558. The maximum absolute atomic E-state index is 13.0. The Morgan fingerprint density at radius 2 is 0.582 bits per heavy atom. The van der Waals surface area contributed by atoms with E-state index in [1.54, 1.807) is 26.9 Å². The number of carbonyl (C=O) groups excluding carboxylic acids is 12. The lowest BCUT2D eigenvalue weighted by molar-refractivity contribution is -0.671. The van der Waals surface area contributed by atoms with Gasteiger partial charge in [-0.3, -0.25) is 82.9 Å². The van der Waals surface area contributed by atoms with Gasteiger partial charge in [-0.15, -0.1) is 0 Å². The molecule has 9 heterocycles. The lowest BCUT2D eigenvalue weighted by atomic mass is 9.29. The second-order valence-electron chi connectivity index (χ2n) is 27.1. The molecule has 0 saturated carbocycles. The second-order valence-corrected chi connectivity index (χ2v) is 29.7. The van der Waals surface area contributed by atoms with Crippen LogP contribution in [-0.2, 0) is 174 Å². The number of nitrogens with two attached hydrogens (primary N) is 5. The van der Waals surface area contributed by atoms with Crippen LogP contribution in [0.3, 0.4) is 0 Å². The van der Waals surface area contributed by atoms with Gasteiger partial charge in [0, 0.05) is 49.8 Å². The van der Waals surface area contributed by atoms with Gasteiger partial charge in [0.1, 0.15) is 125 Å². The molecular formula is C69H111B6Cl14N33O12. The predicted octanol–water partition coefficient (Wildman–Crippen LogP) is -34.2. The molecule has 0 aliphatic heterocycles. The van der Waals surface area contributed by atoms with Crippen molar-refractivity contribution in [3.63, 3.8) is 0 Å². The molecule has 65 heteroatoms. The molecule has 9 aromatic rings. The summed E-state index contributed by atoms with van der Waals surface area (Å²) in [5, 5.41) is 12.5. The van der Waals surface area contributed by atoms with Gasteiger partial charge in [0.2, 0.25) is 118 Å². The normalized spacial score (nSPS) is 9.63. The lowest BCUT2D eigenvalue weighted by Crippen LogP contribution is -3.00. The van der Waals surface area contributed by atoms with Crippen LogP contribution in [-0.4, -0.2) is 249 Å². The molecule has 0 aliphatic carbocycles. The Hall–Kier alpha value is -8.18. The standard InChI is InChI=1S/C29H42N14O4.C13H18N6O2.C9H10Cl4N2O4.C6H11N3.C5H10N3.C4H7N3.C3H2Cl2O2.2B3H2N.8ClH/c1-34-5-9-38(21-34)17-30-26(44)13-42(14-27(45)31-18-39-10-6-35(2)22-39)25-43(15-28(46)32-19-40-11-7-36(3)23-40)16-29(47)33-20-41-12-8-37(4)24-41;1-16-3-5-18(10-16)8-14-12(20)7-13(21)15-9-19-6-4-17(2)11-19;10-6(16)1-14(2-7(11)17)5-15(3-8(12)18)4-9(13)19;1-9-4-6(2-3-7)8-5-9;1-7-2-3-8(4-6)5-7;5-3-7-2-1-6-4-7;4-2(6)1-3(5)7;2*1-3(2)4;;;;;;;;/h5-12,21-24H,13-20,25H2,1-4H3;3-6,10-11H,7-9H2,1-2H3;1-5H2;4-5H,2-3,7H2,1H3;2-3,5H,4,6H2,1H3;1-2,4H,3,5H2;1H2;2*4H2;8*1H/q;;;;+1;;;;;;;;;;;;/p-1. The van der Waals surface area contributed by atoms with Gasteiger partial charge in [-0.1, -0.05) is 0 Å². The van der Waals surface area contributed by atoms with Gasteiger partial charge in [-0.05, 0) is 76.2 Å². The van der Waals surface area contributed by atoms with Crippen molar-refractivity contribution in [1.82, 2.24) is 98.0 Å². The Labute approximate surface area is 863 Å². The monoisotopic (exact) mass is 2150 g/mol. The molecule has 0 spiro atoms. The largest absolute Gasteiger partial charge is 1.00 e. The first-order valence-corrected chi connectivity index (χ1v) is 40.0. The van der Waals surface area contributed by atoms with Crippen LogP contribution in [0, 0.1) is 0 Å². The average molecular weight is 2160 g/mol. The first-order chi connectivity index (χ1) is 59.4. The number of hydrogen-bond acceptors (Lipinski definition) is 22. The summed E-state index contributed by atoms with van der Waals surface area (Å²) >= 11 is 30.3. The summed E-state index contributed by atoms with van der Waals surface area (Å²) in [4.78, 5) is 151. The highest BCUT2D eigenvalue weighted by Gasteiger charge is 2.25. The summed E-state index contributed by atoms with van der Waals surface area (Å²) in [5.41, 5.74) is 26.4. The van der Waals surface area contributed by atoms with Crippen molar-refractivity contribution >= 4 is 181 Å². The van der Waals surface area contributed by atoms with E-state index in [9.17, 15) is 57.5 Å². The highest BCUT2D eigenvalue weighted by Crippen LogP contribution is 2.03. The number of halogens is 14. The summed E-state index contributed by atoms with van der Waals surface area (Å²) in [5.74, 6) is -1.88. The SMILES string of the molecule is C[n+]1c[nH]c(CCN)c1.C[n+]1ccn(CN)c1.C[n+]1ccn(CNC(=O)CC(=O)NCn2cc[n+](C)c2)c1.C[n+]1ccn(CNC(=O)CN(CC(=O)NCn2cc[n+](C)c2)CN(CC(=O)NCn2cc[n+](C)c2)CC(=O)NCn2cc[n+](C)c2)c1.NCn1ccnc1.O=C(Cl)CC(=O)Cl.O=C(Cl)CN(CC(=O)Cl)CN(CC(=O)Cl)CC(=O)Cl.[B]B([B])N.[B]B([B])N.[Cl-].[Cl-].[Cl-].[Cl-].[Cl-].[Cl-].[Cl-].[Cl-]. The zero-order valence-corrected chi connectivity index (χ0v) is 85.1. The molecule has 0 bridgehead atoms. The van der Waals surface area contributed by atoms with Gasteiger partial charge in [0.25, 0.3) is 0 Å². The van der Waals surface area contributed by atoms with E-state index in [0.717, 1.165) is 6.42 Å². The molecule has 0 fully saturated rings. The predicted molar refractivity (Wildman–Crippen MR) is 467 cm³/mol. The molecule has 740 valence electrons. The maximum atomic E-state index is 13.0. The summed E-state index contributed by atoms with van der Waals surface area (Å²) in [7, 11) is 33.9. The van der Waals surface area contributed by atoms with E-state index in [1.165, 1.54) is 15.5 Å². The van der Waals surface area contributed by atoms with Gasteiger partial charge >= 0.3 is 0 Å². The first-order valence-electron chi connectivity index (χ1n) is 37.7. The lowest BCUT2D eigenvalue weighted by Gasteiger charge is -2.28. The minimum atomic E-state index is -0.722. The third kappa shape index (κ3) is 76.9. The van der Waals surface area contributed by atoms with Gasteiger partial charge in [-0.25, -0.2) is 78.5 Å². The Morgan fingerprint density at radius 1 is 0.351 bits per heavy atom. The number of aromatic amines is 1. The number of H-pyrrole nitrogens is 1. The van der Waals surface area contributed by atoms with E-state index in [4.69, 9.17) is 86.8 Å². The zero-order chi connectivity index (χ0) is 94.8. The molecule has 9 rings (SSSR count). The van der Waals surface area contributed by atoms with Crippen molar-refractivity contribution in [2.45, 2.75) is 72.6 Å². The third-order valence-corrected chi connectivity index (χ3v) is 15.7. The van der Waals surface area contributed by atoms with Crippen LogP contribution < -0.4 is 196 Å². The minimum Gasteiger partial charge on any atom is -1.00 e. The fourth-order valence-electron chi connectivity index (χ4n) is 9.76. The Balaban J connectivity index is -0.000000254. The second kappa shape index (κ2) is 81.9. The van der Waals surface area contributed by atoms with Crippen LogP contribution in [0.15, 0.2) is 162 Å². The fraction of sp³-hybridized carbons (Fsp3) is 0.435. The van der Waals surface area contributed by atoms with Gasteiger partial charge in [-0.2, -0.15) is 0 Å². The number of carbonyl (C=O) groups is 12. The van der Waals surface area contributed by atoms with E-state index in [2.05, 4.69) is 84.1 Å². The molecule has 8 radical (unpaired) electrons.